The number of amides is 2. The van der Waals surface area contributed by atoms with Gasteiger partial charge in [-0.2, -0.15) is 0 Å². The highest BCUT2D eigenvalue weighted by atomic mass is 16.5. The number of carbonyl (C=O) groups is 1. The number of para-hydroxylation sites is 2. The Kier molecular flexibility index (Phi) is 4.84. The van der Waals surface area contributed by atoms with Gasteiger partial charge in [-0.05, 0) is 57.6 Å². The van der Waals surface area contributed by atoms with E-state index in [2.05, 4.69) is 35.0 Å². The van der Waals surface area contributed by atoms with E-state index in [0.717, 1.165) is 37.3 Å². The molecule has 146 valence electrons. The number of ether oxygens (including phenoxy) is 1. The molecule has 0 radical (unpaired) electrons. The maximum absolute atomic E-state index is 12.5. The second-order valence-electron chi connectivity index (χ2n) is 8.36. The van der Waals surface area contributed by atoms with Gasteiger partial charge < -0.3 is 19.5 Å². The third-order valence-electron chi connectivity index (χ3n) is 6.19. The summed E-state index contributed by atoms with van der Waals surface area (Å²) in [5, 5.41) is 3.03. The molecule has 2 aliphatic rings. The van der Waals surface area contributed by atoms with E-state index in [4.69, 9.17) is 9.72 Å². The predicted octanol–water partition coefficient (Wildman–Crippen LogP) is 3.36. The highest BCUT2D eigenvalue weighted by Crippen LogP contribution is 2.43. The molecule has 2 heterocycles. The first-order chi connectivity index (χ1) is 13.0. The lowest BCUT2D eigenvalue weighted by Gasteiger charge is -2.38. The van der Waals surface area contributed by atoms with Gasteiger partial charge in [-0.3, -0.25) is 0 Å². The number of hydrogen-bond acceptors (Lipinski definition) is 3. The molecule has 27 heavy (non-hydrogen) atoms. The Morgan fingerprint density at radius 3 is 2.63 bits per heavy atom. The van der Waals surface area contributed by atoms with Crippen LogP contribution in [0.15, 0.2) is 24.3 Å². The van der Waals surface area contributed by atoms with Crippen molar-refractivity contribution < 1.29 is 9.53 Å². The zero-order chi connectivity index (χ0) is 19.1. The SMILES string of the molecule is CO[C@H]1C[C@@H]2CN(C(=O)NC(C)C)C[C@@H]2C[C@@H]1n1c(C)nc2ccccc21. The topological polar surface area (TPSA) is 59.4 Å². The normalized spacial score (nSPS) is 28.0. The van der Waals surface area contributed by atoms with Crippen molar-refractivity contribution in [3.8, 4) is 0 Å². The summed E-state index contributed by atoms with van der Waals surface area (Å²) < 4.78 is 8.29. The lowest BCUT2D eigenvalue weighted by atomic mass is 9.77. The van der Waals surface area contributed by atoms with Crippen molar-refractivity contribution >= 4 is 17.1 Å². The maximum Gasteiger partial charge on any atom is 0.317 e. The average Bonchev–Trinajstić information content (AvgIpc) is 3.19. The van der Waals surface area contributed by atoms with E-state index in [0.29, 0.717) is 11.8 Å². The first-order valence-electron chi connectivity index (χ1n) is 9.99. The monoisotopic (exact) mass is 370 g/mol. The minimum atomic E-state index is 0.0641. The van der Waals surface area contributed by atoms with Crippen LogP contribution in [0.4, 0.5) is 4.79 Å². The Bertz CT molecular complexity index is 831. The molecular formula is C21H30N4O2. The molecular weight excluding hydrogens is 340 g/mol. The van der Waals surface area contributed by atoms with Crippen molar-refractivity contribution in [1.82, 2.24) is 19.8 Å². The number of hydrogen-bond donors (Lipinski definition) is 1. The number of fused-ring (bicyclic) bond motifs is 2. The first kappa shape index (κ1) is 18.3. The van der Waals surface area contributed by atoms with Gasteiger partial charge in [0.05, 0.1) is 23.2 Å². The molecule has 1 aliphatic heterocycles. The van der Waals surface area contributed by atoms with Gasteiger partial charge in [-0.25, -0.2) is 9.78 Å². The Balaban J connectivity index is 1.59. The highest BCUT2D eigenvalue weighted by Gasteiger charge is 2.44. The molecule has 1 aromatic heterocycles. The number of aromatic nitrogens is 2. The summed E-state index contributed by atoms with van der Waals surface area (Å²) in [6.45, 7) is 7.76. The molecule has 4 rings (SSSR count). The van der Waals surface area contributed by atoms with Crippen LogP contribution in [0.3, 0.4) is 0 Å². The average molecular weight is 370 g/mol. The molecule has 0 unspecified atom stereocenters. The third kappa shape index (κ3) is 3.31. The standard InChI is InChI=1S/C21H30N4O2/c1-13(2)22-21(26)24-11-15-9-19(20(27-4)10-16(15)12-24)25-14(3)23-17-7-5-6-8-18(17)25/h5-8,13,15-16,19-20H,9-12H2,1-4H3,(H,22,26)/t15-,16+,19-,20-/m0/s1. The molecule has 1 aliphatic carbocycles. The number of benzene rings is 1. The zero-order valence-electron chi connectivity index (χ0n) is 16.7. The van der Waals surface area contributed by atoms with Gasteiger partial charge in [0.25, 0.3) is 0 Å². The predicted molar refractivity (Wildman–Crippen MR) is 106 cm³/mol. The lowest BCUT2D eigenvalue weighted by Crippen LogP contribution is -2.41. The van der Waals surface area contributed by atoms with Crippen molar-refractivity contribution in [2.75, 3.05) is 20.2 Å². The van der Waals surface area contributed by atoms with Crippen molar-refractivity contribution in [3.63, 3.8) is 0 Å². The Morgan fingerprint density at radius 1 is 1.22 bits per heavy atom. The summed E-state index contributed by atoms with van der Waals surface area (Å²) in [6, 6.07) is 8.81. The number of imidazole rings is 1. The molecule has 4 atom stereocenters. The van der Waals surface area contributed by atoms with Gasteiger partial charge in [-0.15, -0.1) is 0 Å². The Morgan fingerprint density at radius 2 is 1.93 bits per heavy atom. The summed E-state index contributed by atoms with van der Waals surface area (Å²) in [7, 11) is 1.81. The van der Waals surface area contributed by atoms with Crippen molar-refractivity contribution in [2.45, 2.75) is 51.8 Å². The van der Waals surface area contributed by atoms with E-state index in [1.165, 1.54) is 5.52 Å². The molecule has 1 N–H and O–H groups in total. The maximum atomic E-state index is 12.5. The number of nitrogens with one attached hydrogen (secondary N) is 1. The molecule has 2 aromatic rings. The van der Waals surface area contributed by atoms with E-state index < -0.39 is 0 Å². The molecule has 2 amide bonds. The largest absolute Gasteiger partial charge is 0.379 e. The lowest BCUT2D eigenvalue weighted by molar-refractivity contribution is -0.0000603. The molecule has 6 nitrogen and oxygen atoms in total. The summed E-state index contributed by atoms with van der Waals surface area (Å²) in [4.78, 5) is 19.2. The van der Waals surface area contributed by atoms with Crippen molar-refractivity contribution in [1.29, 1.82) is 0 Å². The molecule has 1 saturated heterocycles. The van der Waals surface area contributed by atoms with Crippen LogP contribution in [-0.2, 0) is 4.74 Å². The quantitative estimate of drug-likeness (QED) is 0.901. The fourth-order valence-corrected chi connectivity index (χ4v) is 5.00. The van der Waals surface area contributed by atoms with Crippen LogP contribution >= 0.6 is 0 Å². The molecule has 1 saturated carbocycles. The van der Waals surface area contributed by atoms with Gasteiger partial charge in [0, 0.05) is 26.2 Å². The van der Waals surface area contributed by atoms with E-state index in [1.807, 2.05) is 31.9 Å². The summed E-state index contributed by atoms with van der Waals surface area (Å²) >= 11 is 0. The van der Waals surface area contributed by atoms with E-state index >= 15 is 0 Å². The second-order valence-corrected chi connectivity index (χ2v) is 8.36. The van der Waals surface area contributed by atoms with Crippen LogP contribution in [-0.4, -0.2) is 52.8 Å². The smallest absolute Gasteiger partial charge is 0.317 e. The van der Waals surface area contributed by atoms with Gasteiger partial charge in [0.1, 0.15) is 5.82 Å². The van der Waals surface area contributed by atoms with Crippen LogP contribution < -0.4 is 5.32 Å². The van der Waals surface area contributed by atoms with Crippen molar-refractivity contribution in [3.05, 3.63) is 30.1 Å². The minimum Gasteiger partial charge on any atom is -0.379 e. The summed E-state index contributed by atoms with van der Waals surface area (Å²) in [5.74, 6) is 2.06. The van der Waals surface area contributed by atoms with Crippen LogP contribution in [0.2, 0.25) is 0 Å². The number of rotatable bonds is 3. The van der Waals surface area contributed by atoms with Gasteiger partial charge in [-0.1, -0.05) is 12.1 Å². The molecule has 0 spiro atoms. The molecule has 2 fully saturated rings. The Hall–Kier alpha value is -2.08. The minimum absolute atomic E-state index is 0.0641. The third-order valence-corrected chi connectivity index (χ3v) is 6.19. The highest BCUT2D eigenvalue weighted by molar-refractivity contribution is 5.76. The fraction of sp³-hybridized carbons (Fsp3) is 0.619. The number of carbonyl (C=O) groups excluding carboxylic acids is 1. The van der Waals surface area contributed by atoms with Crippen LogP contribution in [0.5, 0.6) is 0 Å². The van der Waals surface area contributed by atoms with E-state index in [-0.39, 0.29) is 24.2 Å². The fourth-order valence-electron chi connectivity index (χ4n) is 5.00. The molecule has 0 bridgehead atoms. The van der Waals surface area contributed by atoms with E-state index in [1.54, 1.807) is 0 Å². The van der Waals surface area contributed by atoms with Crippen LogP contribution in [0.1, 0.15) is 38.6 Å². The Labute approximate surface area is 160 Å². The van der Waals surface area contributed by atoms with Gasteiger partial charge in [0.15, 0.2) is 0 Å². The molecule has 6 heteroatoms. The molecule has 1 aromatic carbocycles. The number of nitrogens with zero attached hydrogens (tertiary/aromatic N) is 3. The van der Waals surface area contributed by atoms with Gasteiger partial charge in [0.2, 0.25) is 0 Å². The van der Waals surface area contributed by atoms with E-state index in [9.17, 15) is 4.79 Å². The summed E-state index contributed by atoms with van der Waals surface area (Å²) in [6.07, 6.45) is 2.16. The summed E-state index contributed by atoms with van der Waals surface area (Å²) in [5.41, 5.74) is 2.21. The van der Waals surface area contributed by atoms with Crippen LogP contribution in [0.25, 0.3) is 11.0 Å². The van der Waals surface area contributed by atoms with Crippen molar-refractivity contribution in [2.24, 2.45) is 11.8 Å². The number of methoxy groups -OCH3 is 1. The number of urea groups is 1. The number of likely N-dealkylation sites (tertiary alicyclic amines) is 1. The first-order valence-corrected chi connectivity index (χ1v) is 9.99. The second kappa shape index (κ2) is 7.15. The van der Waals surface area contributed by atoms with Crippen LogP contribution in [0, 0.1) is 18.8 Å². The number of aryl methyl sites for hydroxylation is 1. The zero-order valence-corrected chi connectivity index (χ0v) is 16.7. The van der Waals surface area contributed by atoms with Gasteiger partial charge >= 0.3 is 6.03 Å².